The van der Waals surface area contributed by atoms with Crippen LogP contribution in [0.2, 0.25) is 0 Å². The third kappa shape index (κ3) is 2.84. The van der Waals surface area contributed by atoms with Gasteiger partial charge in [0.25, 0.3) is 0 Å². The lowest BCUT2D eigenvalue weighted by Crippen LogP contribution is -1.88. The Bertz CT molecular complexity index is 795. The van der Waals surface area contributed by atoms with Crippen molar-refractivity contribution >= 4 is 22.8 Å². The Morgan fingerprint density at radius 1 is 1.05 bits per heavy atom. The Kier molecular flexibility index (Phi) is 3.51. The third-order valence-corrected chi connectivity index (χ3v) is 3.14. The van der Waals surface area contributed by atoms with Gasteiger partial charge in [0.15, 0.2) is 0 Å². The highest BCUT2D eigenvalue weighted by molar-refractivity contribution is 5.89. The summed E-state index contributed by atoms with van der Waals surface area (Å²) in [5, 5.41) is 10.7. The molecule has 0 aliphatic rings. The van der Waals surface area contributed by atoms with Crippen molar-refractivity contribution in [2.24, 2.45) is 4.99 Å². The number of aliphatic imine (C=N–C) groups is 1. The van der Waals surface area contributed by atoms with Crippen LogP contribution in [-0.4, -0.2) is 23.4 Å². The Balaban J connectivity index is 1.89. The second-order valence-corrected chi connectivity index (χ2v) is 4.54. The fraction of sp³-hybridized carbons (Fsp3) is 0.0588. The first-order chi connectivity index (χ1) is 10.3. The molecule has 1 N–H and O–H groups in total. The van der Waals surface area contributed by atoms with Crippen LogP contribution in [0.15, 0.2) is 59.6 Å². The number of hydrogen-bond acceptors (Lipinski definition) is 4. The van der Waals surface area contributed by atoms with Gasteiger partial charge in [0, 0.05) is 5.39 Å². The SMILES string of the molecule is COc1ccc(/N=C/c2ccc3cccc(O)c3n2)cc1. The van der Waals surface area contributed by atoms with Gasteiger partial charge in [-0.2, -0.15) is 0 Å². The summed E-state index contributed by atoms with van der Waals surface area (Å²) < 4.78 is 5.10. The van der Waals surface area contributed by atoms with Gasteiger partial charge < -0.3 is 9.84 Å². The molecule has 3 aromatic rings. The molecule has 0 saturated carbocycles. The Morgan fingerprint density at radius 3 is 2.62 bits per heavy atom. The van der Waals surface area contributed by atoms with Crippen LogP contribution in [0.1, 0.15) is 5.69 Å². The van der Waals surface area contributed by atoms with Gasteiger partial charge in [0.05, 0.1) is 24.7 Å². The number of fused-ring (bicyclic) bond motifs is 1. The predicted octanol–water partition coefficient (Wildman–Crippen LogP) is 3.70. The van der Waals surface area contributed by atoms with E-state index in [2.05, 4.69) is 9.98 Å². The lowest BCUT2D eigenvalue weighted by atomic mass is 10.2. The van der Waals surface area contributed by atoms with Gasteiger partial charge in [-0.1, -0.05) is 18.2 Å². The number of methoxy groups -OCH3 is 1. The van der Waals surface area contributed by atoms with E-state index in [1.807, 2.05) is 42.5 Å². The summed E-state index contributed by atoms with van der Waals surface area (Å²) >= 11 is 0. The molecule has 0 aliphatic carbocycles. The highest BCUT2D eigenvalue weighted by Crippen LogP contribution is 2.22. The molecule has 104 valence electrons. The number of aromatic nitrogens is 1. The molecule has 21 heavy (non-hydrogen) atoms. The molecule has 1 aromatic heterocycles. The minimum atomic E-state index is 0.173. The van der Waals surface area contributed by atoms with E-state index in [0.29, 0.717) is 11.2 Å². The molecule has 0 radical (unpaired) electrons. The molecule has 4 heteroatoms. The number of benzene rings is 2. The minimum absolute atomic E-state index is 0.173. The van der Waals surface area contributed by atoms with Crippen LogP contribution < -0.4 is 4.74 Å². The van der Waals surface area contributed by atoms with Crippen LogP contribution in [0.3, 0.4) is 0 Å². The van der Waals surface area contributed by atoms with Crippen molar-refractivity contribution < 1.29 is 9.84 Å². The summed E-state index contributed by atoms with van der Waals surface area (Å²) in [7, 11) is 1.63. The molecule has 0 saturated heterocycles. The van der Waals surface area contributed by atoms with Crippen LogP contribution in [0.25, 0.3) is 10.9 Å². The fourth-order valence-corrected chi connectivity index (χ4v) is 2.03. The van der Waals surface area contributed by atoms with Gasteiger partial charge >= 0.3 is 0 Å². The topological polar surface area (TPSA) is 54.7 Å². The lowest BCUT2D eigenvalue weighted by molar-refractivity contribution is 0.415. The smallest absolute Gasteiger partial charge is 0.141 e. The number of nitrogens with zero attached hydrogens (tertiary/aromatic N) is 2. The van der Waals surface area contributed by atoms with E-state index in [1.165, 1.54) is 0 Å². The number of pyridine rings is 1. The summed E-state index contributed by atoms with van der Waals surface area (Å²) in [5.41, 5.74) is 2.09. The fourth-order valence-electron chi connectivity index (χ4n) is 2.03. The van der Waals surface area contributed by atoms with Crippen molar-refractivity contribution in [1.29, 1.82) is 0 Å². The second-order valence-electron chi connectivity index (χ2n) is 4.54. The largest absolute Gasteiger partial charge is 0.506 e. The number of hydrogen-bond donors (Lipinski definition) is 1. The highest BCUT2D eigenvalue weighted by atomic mass is 16.5. The van der Waals surface area contributed by atoms with Crippen LogP contribution in [0, 0.1) is 0 Å². The monoisotopic (exact) mass is 278 g/mol. The molecule has 0 bridgehead atoms. The first kappa shape index (κ1) is 13.1. The van der Waals surface area contributed by atoms with E-state index in [-0.39, 0.29) is 5.75 Å². The number of phenolic OH excluding ortho intramolecular Hbond substituents is 1. The zero-order valence-corrected chi connectivity index (χ0v) is 11.5. The van der Waals surface area contributed by atoms with Gasteiger partial charge in [0.2, 0.25) is 0 Å². The number of phenols is 1. The van der Waals surface area contributed by atoms with E-state index < -0.39 is 0 Å². The number of para-hydroxylation sites is 1. The molecule has 4 nitrogen and oxygen atoms in total. The van der Waals surface area contributed by atoms with Crippen LogP contribution >= 0.6 is 0 Å². The van der Waals surface area contributed by atoms with Crippen molar-refractivity contribution in [1.82, 2.24) is 4.98 Å². The zero-order chi connectivity index (χ0) is 14.7. The van der Waals surface area contributed by atoms with Crippen LogP contribution in [-0.2, 0) is 0 Å². The van der Waals surface area contributed by atoms with Gasteiger partial charge in [-0.25, -0.2) is 4.98 Å². The molecule has 0 unspecified atom stereocenters. The normalized spacial score (nSPS) is 11.1. The van der Waals surface area contributed by atoms with E-state index in [1.54, 1.807) is 25.5 Å². The van der Waals surface area contributed by atoms with Gasteiger partial charge in [-0.3, -0.25) is 4.99 Å². The van der Waals surface area contributed by atoms with Crippen LogP contribution in [0.4, 0.5) is 5.69 Å². The van der Waals surface area contributed by atoms with Crippen molar-refractivity contribution in [3.8, 4) is 11.5 Å². The number of rotatable bonds is 3. The maximum absolute atomic E-state index is 9.82. The maximum atomic E-state index is 9.82. The van der Waals surface area contributed by atoms with Gasteiger partial charge in [-0.05, 0) is 36.4 Å². The predicted molar refractivity (Wildman–Crippen MR) is 83.7 cm³/mol. The Morgan fingerprint density at radius 2 is 1.86 bits per heavy atom. The molecule has 1 heterocycles. The minimum Gasteiger partial charge on any atom is -0.506 e. The average Bonchev–Trinajstić information content (AvgIpc) is 2.54. The van der Waals surface area contributed by atoms with Crippen molar-refractivity contribution in [2.45, 2.75) is 0 Å². The summed E-state index contributed by atoms with van der Waals surface area (Å²) in [6.45, 7) is 0. The number of ether oxygens (including phenoxy) is 1. The van der Waals surface area contributed by atoms with Gasteiger partial charge in [-0.15, -0.1) is 0 Å². The summed E-state index contributed by atoms with van der Waals surface area (Å²) in [4.78, 5) is 8.76. The molecule has 0 atom stereocenters. The molecule has 0 fully saturated rings. The summed E-state index contributed by atoms with van der Waals surface area (Å²) in [5.74, 6) is 0.967. The van der Waals surface area contributed by atoms with E-state index in [0.717, 1.165) is 16.8 Å². The molecule has 0 amide bonds. The summed E-state index contributed by atoms with van der Waals surface area (Å²) in [6.07, 6.45) is 1.67. The van der Waals surface area contributed by atoms with Gasteiger partial charge in [0.1, 0.15) is 17.0 Å². The zero-order valence-electron chi connectivity index (χ0n) is 11.5. The van der Waals surface area contributed by atoms with Crippen molar-refractivity contribution in [2.75, 3.05) is 7.11 Å². The van der Waals surface area contributed by atoms with Crippen molar-refractivity contribution in [3.63, 3.8) is 0 Å². The molecule has 3 rings (SSSR count). The van der Waals surface area contributed by atoms with E-state index in [9.17, 15) is 5.11 Å². The Labute approximate surface area is 122 Å². The average molecular weight is 278 g/mol. The maximum Gasteiger partial charge on any atom is 0.141 e. The quantitative estimate of drug-likeness (QED) is 0.743. The van der Waals surface area contributed by atoms with Crippen molar-refractivity contribution in [3.05, 3.63) is 60.3 Å². The molecule has 0 aliphatic heterocycles. The van der Waals surface area contributed by atoms with E-state index >= 15 is 0 Å². The standard InChI is InChI=1S/C17H14N2O2/c1-21-15-9-7-13(8-10-15)18-11-14-6-5-12-3-2-4-16(20)17(12)19-14/h2-11,20H,1H3/b18-11+. The molecular formula is C17H14N2O2. The summed E-state index contributed by atoms with van der Waals surface area (Å²) in [6, 6.07) is 16.6. The second kappa shape index (κ2) is 5.63. The molecule has 0 spiro atoms. The highest BCUT2D eigenvalue weighted by Gasteiger charge is 2.01. The first-order valence-corrected chi connectivity index (χ1v) is 6.53. The Hall–Kier alpha value is -2.88. The molecular weight excluding hydrogens is 264 g/mol. The third-order valence-electron chi connectivity index (χ3n) is 3.14. The molecule has 2 aromatic carbocycles. The number of aromatic hydroxyl groups is 1. The first-order valence-electron chi connectivity index (χ1n) is 6.53. The van der Waals surface area contributed by atoms with Crippen LogP contribution in [0.5, 0.6) is 11.5 Å². The lowest BCUT2D eigenvalue weighted by Gasteiger charge is -2.01. The van der Waals surface area contributed by atoms with E-state index in [4.69, 9.17) is 4.74 Å².